The number of hydrogen-bond donors (Lipinski definition) is 3. The van der Waals surface area contributed by atoms with E-state index < -0.39 is 10.0 Å². The molecule has 1 aromatic rings. The normalized spacial score (nSPS) is 14.5. The van der Waals surface area contributed by atoms with Gasteiger partial charge in [-0.3, -0.25) is 4.79 Å². The van der Waals surface area contributed by atoms with Gasteiger partial charge in [0.1, 0.15) is 4.90 Å². The van der Waals surface area contributed by atoms with E-state index in [2.05, 4.69) is 5.32 Å². The molecule has 0 saturated heterocycles. The van der Waals surface area contributed by atoms with Crippen molar-refractivity contribution in [1.82, 2.24) is 0 Å². The van der Waals surface area contributed by atoms with E-state index in [-0.39, 0.29) is 28.4 Å². The number of nitrogens with two attached hydrogens (primary N) is 2. The molecule has 1 rings (SSSR count). The molecule has 0 heterocycles. The summed E-state index contributed by atoms with van der Waals surface area (Å²) in [6.07, 6.45) is 2.40. The Morgan fingerprint density at radius 2 is 1.86 bits per heavy atom. The van der Waals surface area contributed by atoms with Crippen molar-refractivity contribution in [2.24, 2.45) is 16.8 Å². The molecule has 21 heavy (non-hydrogen) atoms. The zero-order valence-corrected chi connectivity index (χ0v) is 13.2. The summed E-state index contributed by atoms with van der Waals surface area (Å²) in [6.45, 7) is 3.73. The highest BCUT2D eigenvalue weighted by Gasteiger charge is 2.18. The Balaban J connectivity index is 2.71. The molecule has 0 radical (unpaired) electrons. The lowest BCUT2D eigenvalue weighted by atomic mass is 10.0. The summed E-state index contributed by atoms with van der Waals surface area (Å²) in [5.74, 6) is -0.451. The van der Waals surface area contributed by atoms with Crippen LogP contribution in [0.2, 0.25) is 0 Å². The number of para-hydroxylation sites is 1. The highest BCUT2D eigenvalue weighted by atomic mass is 32.2. The third kappa shape index (κ3) is 5.82. The van der Waals surface area contributed by atoms with Crippen molar-refractivity contribution < 1.29 is 13.2 Å². The molecular weight excluding hydrogens is 290 g/mol. The third-order valence-corrected chi connectivity index (χ3v) is 4.16. The first-order valence-electron chi connectivity index (χ1n) is 6.90. The lowest BCUT2D eigenvalue weighted by molar-refractivity contribution is -0.119. The monoisotopic (exact) mass is 313 g/mol. The summed E-state index contributed by atoms with van der Waals surface area (Å²) in [6, 6.07) is 6.20. The number of nitrogens with one attached hydrogen (secondary N) is 1. The van der Waals surface area contributed by atoms with E-state index in [4.69, 9.17) is 10.9 Å². The maximum Gasteiger partial charge on any atom is 0.240 e. The van der Waals surface area contributed by atoms with Crippen molar-refractivity contribution in [3.05, 3.63) is 24.3 Å². The molecule has 1 aromatic carbocycles. The molecule has 0 spiro atoms. The summed E-state index contributed by atoms with van der Waals surface area (Å²) in [5, 5.41) is 7.76. The largest absolute Gasteiger partial charge is 0.328 e. The predicted octanol–water partition coefficient (Wildman–Crippen LogP) is 1.43. The maximum atomic E-state index is 12.1. The number of amides is 1. The Bertz CT molecular complexity index is 585. The van der Waals surface area contributed by atoms with Gasteiger partial charge in [-0.1, -0.05) is 25.5 Å². The van der Waals surface area contributed by atoms with Gasteiger partial charge in [0, 0.05) is 12.0 Å². The van der Waals surface area contributed by atoms with Crippen molar-refractivity contribution in [2.45, 2.75) is 44.0 Å². The second kappa shape index (κ2) is 7.53. The average Bonchev–Trinajstić information content (AvgIpc) is 2.37. The van der Waals surface area contributed by atoms with Gasteiger partial charge in [-0.2, -0.15) is 0 Å². The van der Waals surface area contributed by atoms with Crippen LogP contribution in [0, 0.1) is 5.92 Å². The summed E-state index contributed by atoms with van der Waals surface area (Å²) in [7, 11) is -3.86. The van der Waals surface area contributed by atoms with Crippen LogP contribution in [0.15, 0.2) is 29.2 Å². The van der Waals surface area contributed by atoms with Gasteiger partial charge in [-0.15, -0.1) is 0 Å². The van der Waals surface area contributed by atoms with Gasteiger partial charge in [0.05, 0.1) is 5.69 Å². The SMILES string of the molecule is CC(N)CCCC(C)C(=O)Nc1ccccc1S(N)(=O)=O. The molecule has 5 N–H and O–H groups in total. The number of sulfonamides is 1. The van der Waals surface area contributed by atoms with Gasteiger partial charge in [-0.25, -0.2) is 13.6 Å². The summed E-state index contributed by atoms with van der Waals surface area (Å²) in [4.78, 5) is 12.0. The van der Waals surface area contributed by atoms with E-state index >= 15 is 0 Å². The molecule has 0 aromatic heterocycles. The Labute approximate surface area is 126 Å². The van der Waals surface area contributed by atoms with Gasteiger partial charge < -0.3 is 11.1 Å². The fourth-order valence-corrected chi connectivity index (χ4v) is 2.64. The molecular formula is C14H23N3O3S. The second-order valence-corrected chi connectivity index (χ2v) is 6.87. The molecule has 6 nitrogen and oxygen atoms in total. The van der Waals surface area contributed by atoms with Crippen LogP contribution < -0.4 is 16.2 Å². The van der Waals surface area contributed by atoms with Crippen LogP contribution in [-0.2, 0) is 14.8 Å². The number of rotatable bonds is 7. The Morgan fingerprint density at radius 3 is 2.43 bits per heavy atom. The van der Waals surface area contributed by atoms with Crippen molar-refractivity contribution in [3.8, 4) is 0 Å². The zero-order chi connectivity index (χ0) is 16.0. The quantitative estimate of drug-likeness (QED) is 0.706. The molecule has 0 fully saturated rings. The van der Waals surface area contributed by atoms with Crippen molar-refractivity contribution in [1.29, 1.82) is 0 Å². The van der Waals surface area contributed by atoms with E-state index in [1.807, 2.05) is 6.92 Å². The predicted molar refractivity (Wildman–Crippen MR) is 83.1 cm³/mol. The molecule has 1 amide bonds. The smallest absolute Gasteiger partial charge is 0.240 e. The van der Waals surface area contributed by atoms with Gasteiger partial charge in [0.25, 0.3) is 0 Å². The lowest BCUT2D eigenvalue weighted by Crippen LogP contribution is -2.23. The average molecular weight is 313 g/mol. The molecule has 7 heteroatoms. The highest BCUT2D eigenvalue weighted by Crippen LogP contribution is 2.21. The van der Waals surface area contributed by atoms with Gasteiger partial charge >= 0.3 is 0 Å². The van der Waals surface area contributed by atoms with E-state index in [1.54, 1.807) is 19.1 Å². The summed E-state index contributed by atoms with van der Waals surface area (Å²) >= 11 is 0. The van der Waals surface area contributed by atoms with Crippen LogP contribution in [-0.4, -0.2) is 20.4 Å². The van der Waals surface area contributed by atoms with E-state index in [9.17, 15) is 13.2 Å². The first kappa shape index (κ1) is 17.6. The van der Waals surface area contributed by atoms with Gasteiger partial charge in [0.2, 0.25) is 15.9 Å². The Hall–Kier alpha value is -1.44. The molecule has 0 aliphatic carbocycles. The highest BCUT2D eigenvalue weighted by molar-refractivity contribution is 7.89. The minimum atomic E-state index is -3.86. The standard InChI is InChI=1S/C14H23N3O3S/c1-10(6-5-7-11(2)15)14(18)17-12-8-3-4-9-13(12)21(16,19)20/h3-4,8-11H,5-7,15H2,1-2H3,(H,17,18)(H2,16,19,20). The van der Waals surface area contributed by atoms with Crippen molar-refractivity contribution in [3.63, 3.8) is 0 Å². The number of anilines is 1. The number of benzene rings is 1. The molecule has 0 aliphatic rings. The fraction of sp³-hybridized carbons (Fsp3) is 0.500. The molecule has 0 bridgehead atoms. The van der Waals surface area contributed by atoms with Crippen LogP contribution in [0.4, 0.5) is 5.69 Å². The number of carbonyl (C=O) groups excluding carboxylic acids is 1. The first-order chi connectivity index (χ1) is 9.71. The number of hydrogen-bond acceptors (Lipinski definition) is 4. The molecule has 2 unspecified atom stereocenters. The van der Waals surface area contributed by atoms with E-state index in [0.29, 0.717) is 6.42 Å². The Morgan fingerprint density at radius 1 is 1.24 bits per heavy atom. The van der Waals surface area contributed by atoms with Crippen LogP contribution in [0.25, 0.3) is 0 Å². The minimum absolute atomic E-state index is 0.0823. The fourth-order valence-electron chi connectivity index (χ4n) is 1.95. The van der Waals surface area contributed by atoms with E-state index in [1.165, 1.54) is 12.1 Å². The number of primary sulfonamides is 1. The lowest BCUT2D eigenvalue weighted by Gasteiger charge is -2.14. The van der Waals surface area contributed by atoms with Crippen molar-refractivity contribution in [2.75, 3.05) is 5.32 Å². The minimum Gasteiger partial charge on any atom is -0.328 e. The maximum absolute atomic E-state index is 12.1. The van der Waals surface area contributed by atoms with Crippen LogP contribution >= 0.6 is 0 Å². The Kier molecular flexibility index (Phi) is 6.32. The topological polar surface area (TPSA) is 115 Å². The second-order valence-electron chi connectivity index (χ2n) is 5.34. The molecule has 2 atom stereocenters. The summed E-state index contributed by atoms with van der Waals surface area (Å²) in [5.41, 5.74) is 5.88. The van der Waals surface area contributed by atoms with Crippen molar-refractivity contribution >= 4 is 21.6 Å². The molecule has 0 saturated carbocycles. The van der Waals surface area contributed by atoms with Gasteiger partial charge in [-0.05, 0) is 31.9 Å². The van der Waals surface area contributed by atoms with Gasteiger partial charge in [0.15, 0.2) is 0 Å². The first-order valence-corrected chi connectivity index (χ1v) is 8.44. The zero-order valence-electron chi connectivity index (χ0n) is 12.4. The third-order valence-electron chi connectivity index (χ3n) is 3.20. The van der Waals surface area contributed by atoms with Crippen LogP contribution in [0.5, 0.6) is 0 Å². The van der Waals surface area contributed by atoms with E-state index in [0.717, 1.165) is 12.8 Å². The number of carbonyl (C=O) groups is 1. The summed E-state index contributed by atoms with van der Waals surface area (Å²) < 4.78 is 22.9. The molecule has 0 aliphatic heterocycles. The molecule has 118 valence electrons. The van der Waals surface area contributed by atoms with Crippen LogP contribution in [0.1, 0.15) is 33.1 Å². The van der Waals surface area contributed by atoms with Crippen LogP contribution in [0.3, 0.4) is 0 Å².